The average Bonchev–Trinajstić information content (AvgIpc) is 2.84. The van der Waals surface area contributed by atoms with E-state index >= 15 is 0 Å². The molecule has 1 aromatic heterocycles. The number of rotatable bonds is 3. The van der Waals surface area contributed by atoms with Gasteiger partial charge < -0.3 is 15.2 Å². The molecule has 0 bridgehead atoms. The Balaban J connectivity index is 1.80. The molecule has 2 N–H and O–H groups in total. The van der Waals surface area contributed by atoms with Crippen molar-refractivity contribution in [1.29, 1.82) is 0 Å². The maximum absolute atomic E-state index is 11.6. The van der Waals surface area contributed by atoms with Gasteiger partial charge in [-0.1, -0.05) is 5.16 Å². The van der Waals surface area contributed by atoms with Gasteiger partial charge in [-0.3, -0.25) is 4.79 Å². The minimum absolute atomic E-state index is 0.00310. The molecule has 6 nitrogen and oxygen atoms in total. The summed E-state index contributed by atoms with van der Waals surface area (Å²) in [5.41, 5.74) is 0. The standard InChI is InChI=1S/C9H14N4O2/c1-6-12-8(15-13-6)5-11-9(14)7-3-2-4-10-7/h7,10H,2-5H2,1H3,(H,11,14)/t7-/m0/s1. The Morgan fingerprint density at radius 1 is 1.73 bits per heavy atom. The van der Waals surface area contributed by atoms with Crippen LogP contribution < -0.4 is 10.6 Å². The molecule has 2 rings (SSSR count). The number of carbonyl (C=O) groups is 1. The second-order valence-corrected chi connectivity index (χ2v) is 3.60. The van der Waals surface area contributed by atoms with Crippen molar-refractivity contribution >= 4 is 5.91 Å². The van der Waals surface area contributed by atoms with Crippen molar-refractivity contribution in [1.82, 2.24) is 20.8 Å². The summed E-state index contributed by atoms with van der Waals surface area (Å²) in [5.74, 6) is 1.03. The summed E-state index contributed by atoms with van der Waals surface area (Å²) in [7, 11) is 0. The third-order valence-corrected chi connectivity index (χ3v) is 2.36. The monoisotopic (exact) mass is 210 g/mol. The first-order chi connectivity index (χ1) is 7.25. The minimum atomic E-state index is -0.0611. The lowest BCUT2D eigenvalue weighted by atomic mass is 10.2. The van der Waals surface area contributed by atoms with E-state index in [0.717, 1.165) is 19.4 Å². The summed E-state index contributed by atoms with van der Waals surface area (Å²) < 4.78 is 4.88. The van der Waals surface area contributed by atoms with Crippen LogP contribution in [0.3, 0.4) is 0 Å². The van der Waals surface area contributed by atoms with E-state index in [-0.39, 0.29) is 11.9 Å². The van der Waals surface area contributed by atoms with Gasteiger partial charge in [0, 0.05) is 0 Å². The predicted octanol–water partition coefficient (Wildman–Crippen LogP) is -0.254. The highest BCUT2D eigenvalue weighted by atomic mass is 16.5. The van der Waals surface area contributed by atoms with Crippen LogP contribution in [0, 0.1) is 6.92 Å². The molecule has 0 aliphatic carbocycles. The molecule has 0 spiro atoms. The zero-order chi connectivity index (χ0) is 10.7. The molecule has 6 heteroatoms. The fourth-order valence-electron chi connectivity index (χ4n) is 1.61. The van der Waals surface area contributed by atoms with Gasteiger partial charge in [0.15, 0.2) is 5.82 Å². The molecular weight excluding hydrogens is 196 g/mol. The second-order valence-electron chi connectivity index (χ2n) is 3.60. The van der Waals surface area contributed by atoms with Gasteiger partial charge in [0.1, 0.15) is 0 Å². The van der Waals surface area contributed by atoms with E-state index < -0.39 is 0 Å². The molecule has 1 atom stereocenters. The number of carbonyl (C=O) groups excluding carboxylic acids is 1. The van der Waals surface area contributed by atoms with Crippen LogP contribution in [0.1, 0.15) is 24.6 Å². The molecular formula is C9H14N4O2. The number of nitrogens with one attached hydrogen (secondary N) is 2. The van der Waals surface area contributed by atoms with Crippen LogP contribution in [0.4, 0.5) is 0 Å². The number of hydrogen-bond acceptors (Lipinski definition) is 5. The Morgan fingerprint density at radius 2 is 2.60 bits per heavy atom. The number of aryl methyl sites for hydroxylation is 1. The summed E-state index contributed by atoms with van der Waals surface area (Å²) in [6.45, 7) is 2.96. The molecule has 0 saturated carbocycles. The Bertz CT molecular complexity index is 344. The highest BCUT2D eigenvalue weighted by Gasteiger charge is 2.21. The van der Waals surface area contributed by atoms with Gasteiger partial charge >= 0.3 is 0 Å². The minimum Gasteiger partial charge on any atom is -0.346 e. The van der Waals surface area contributed by atoms with Crippen molar-refractivity contribution in [2.24, 2.45) is 0 Å². The van der Waals surface area contributed by atoms with Crippen LogP contribution in [0.5, 0.6) is 0 Å². The first kappa shape index (κ1) is 10.1. The molecule has 0 unspecified atom stereocenters. The molecule has 1 amide bonds. The van der Waals surface area contributed by atoms with Gasteiger partial charge in [0.2, 0.25) is 11.8 Å². The first-order valence-corrected chi connectivity index (χ1v) is 5.06. The molecule has 1 saturated heterocycles. The molecule has 82 valence electrons. The van der Waals surface area contributed by atoms with Gasteiger partial charge in [-0.05, 0) is 26.3 Å². The summed E-state index contributed by atoms with van der Waals surface area (Å²) in [6.07, 6.45) is 1.95. The molecule has 0 radical (unpaired) electrons. The lowest BCUT2D eigenvalue weighted by Crippen LogP contribution is -2.40. The van der Waals surface area contributed by atoms with Gasteiger partial charge in [-0.15, -0.1) is 0 Å². The van der Waals surface area contributed by atoms with Gasteiger partial charge in [0.25, 0.3) is 0 Å². The molecule has 0 aromatic carbocycles. The van der Waals surface area contributed by atoms with Crippen molar-refractivity contribution < 1.29 is 9.32 Å². The fourth-order valence-corrected chi connectivity index (χ4v) is 1.61. The van der Waals surface area contributed by atoms with Crippen LogP contribution in [0.25, 0.3) is 0 Å². The fraction of sp³-hybridized carbons (Fsp3) is 0.667. The normalized spacial score (nSPS) is 20.5. The third-order valence-electron chi connectivity index (χ3n) is 2.36. The lowest BCUT2D eigenvalue weighted by Gasteiger charge is -2.08. The number of nitrogens with zero attached hydrogens (tertiary/aromatic N) is 2. The molecule has 1 aliphatic rings. The smallest absolute Gasteiger partial charge is 0.246 e. The van der Waals surface area contributed by atoms with E-state index in [1.165, 1.54) is 0 Å². The van der Waals surface area contributed by atoms with Crippen LogP contribution in [-0.4, -0.2) is 28.6 Å². The third kappa shape index (κ3) is 2.53. The van der Waals surface area contributed by atoms with Crippen molar-refractivity contribution in [3.8, 4) is 0 Å². The number of amides is 1. The van der Waals surface area contributed by atoms with E-state index in [2.05, 4.69) is 20.8 Å². The quantitative estimate of drug-likeness (QED) is 0.719. The Kier molecular flexibility index (Phi) is 2.96. The molecule has 1 fully saturated rings. The first-order valence-electron chi connectivity index (χ1n) is 5.06. The van der Waals surface area contributed by atoms with Gasteiger partial charge in [-0.25, -0.2) is 0 Å². The van der Waals surface area contributed by atoms with Crippen molar-refractivity contribution in [2.75, 3.05) is 6.54 Å². The van der Waals surface area contributed by atoms with E-state index in [1.807, 2.05) is 0 Å². The summed E-state index contributed by atoms with van der Waals surface area (Å²) in [5, 5.41) is 9.51. The number of hydrogen-bond donors (Lipinski definition) is 2. The Morgan fingerprint density at radius 3 is 3.20 bits per heavy atom. The van der Waals surface area contributed by atoms with E-state index in [4.69, 9.17) is 4.52 Å². The topological polar surface area (TPSA) is 80.0 Å². The molecule has 1 aromatic rings. The van der Waals surface area contributed by atoms with Crippen molar-refractivity contribution in [3.05, 3.63) is 11.7 Å². The van der Waals surface area contributed by atoms with Gasteiger partial charge in [0.05, 0.1) is 12.6 Å². The second kappa shape index (κ2) is 4.39. The van der Waals surface area contributed by atoms with Crippen molar-refractivity contribution in [2.45, 2.75) is 32.4 Å². The zero-order valence-electron chi connectivity index (χ0n) is 8.62. The zero-order valence-corrected chi connectivity index (χ0v) is 8.62. The highest BCUT2D eigenvalue weighted by molar-refractivity contribution is 5.81. The van der Waals surface area contributed by atoms with E-state index in [1.54, 1.807) is 6.92 Å². The molecule has 1 aliphatic heterocycles. The largest absolute Gasteiger partial charge is 0.346 e. The molecule has 2 heterocycles. The SMILES string of the molecule is Cc1noc(CNC(=O)[C@@H]2CCCN2)n1. The Labute approximate surface area is 87.4 Å². The van der Waals surface area contributed by atoms with Crippen LogP contribution in [-0.2, 0) is 11.3 Å². The van der Waals surface area contributed by atoms with E-state index in [9.17, 15) is 4.79 Å². The van der Waals surface area contributed by atoms with Gasteiger partial charge in [-0.2, -0.15) is 4.98 Å². The Hall–Kier alpha value is -1.43. The van der Waals surface area contributed by atoms with Crippen LogP contribution in [0.15, 0.2) is 4.52 Å². The van der Waals surface area contributed by atoms with Crippen LogP contribution in [0.2, 0.25) is 0 Å². The predicted molar refractivity (Wildman–Crippen MR) is 51.9 cm³/mol. The van der Waals surface area contributed by atoms with Crippen molar-refractivity contribution in [3.63, 3.8) is 0 Å². The summed E-state index contributed by atoms with van der Waals surface area (Å²) in [6, 6.07) is -0.0611. The summed E-state index contributed by atoms with van der Waals surface area (Å²) >= 11 is 0. The summed E-state index contributed by atoms with van der Waals surface area (Å²) in [4.78, 5) is 15.6. The average molecular weight is 210 g/mol. The lowest BCUT2D eigenvalue weighted by molar-refractivity contribution is -0.123. The maximum atomic E-state index is 11.6. The molecule has 15 heavy (non-hydrogen) atoms. The maximum Gasteiger partial charge on any atom is 0.246 e. The van der Waals surface area contributed by atoms with E-state index in [0.29, 0.717) is 18.3 Å². The number of aromatic nitrogens is 2. The van der Waals surface area contributed by atoms with Crippen LogP contribution >= 0.6 is 0 Å². The highest BCUT2D eigenvalue weighted by Crippen LogP contribution is 2.04.